The van der Waals surface area contributed by atoms with Gasteiger partial charge in [-0.25, -0.2) is 0 Å². The lowest BCUT2D eigenvalue weighted by atomic mass is 9.83. The molecule has 1 saturated heterocycles. The average Bonchev–Trinajstić information content (AvgIpc) is 2.34. The highest BCUT2D eigenvalue weighted by atomic mass is 79.9. The number of nitrogens with zero attached hydrogens (tertiary/aromatic N) is 2. The highest BCUT2D eigenvalue weighted by Crippen LogP contribution is 2.39. The zero-order valence-electron chi connectivity index (χ0n) is 10.5. The van der Waals surface area contributed by atoms with Crippen molar-refractivity contribution in [2.24, 2.45) is 5.92 Å². The molecule has 19 heavy (non-hydrogen) atoms. The summed E-state index contributed by atoms with van der Waals surface area (Å²) in [7, 11) is 0. The van der Waals surface area contributed by atoms with Crippen LogP contribution in [0.4, 0.5) is 0 Å². The van der Waals surface area contributed by atoms with Crippen molar-refractivity contribution in [3.8, 4) is 0 Å². The van der Waals surface area contributed by atoms with E-state index < -0.39 is 0 Å². The van der Waals surface area contributed by atoms with Gasteiger partial charge in [0.1, 0.15) is 0 Å². The molecule has 2 atom stereocenters. The number of aromatic nitrogens is 1. The van der Waals surface area contributed by atoms with E-state index in [1.807, 2.05) is 15.5 Å². The lowest BCUT2D eigenvalue weighted by molar-refractivity contribution is -0.131. The van der Waals surface area contributed by atoms with Crippen molar-refractivity contribution in [3.05, 3.63) is 31.1 Å². The molecule has 2 aliphatic heterocycles. The summed E-state index contributed by atoms with van der Waals surface area (Å²) in [5.74, 6) is 0.763. The van der Waals surface area contributed by atoms with E-state index in [4.69, 9.17) is 0 Å². The molecule has 1 fully saturated rings. The van der Waals surface area contributed by atoms with E-state index in [1.165, 1.54) is 0 Å². The minimum atomic E-state index is 0.0316. The molecule has 1 aromatic heterocycles. The van der Waals surface area contributed by atoms with Crippen LogP contribution in [0, 0.1) is 5.92 Å². The zero-order valence-corrected chi connectivity index (χ0v) is 13.7. The monoisotopic (exact) mass is 388 g/mol. The lowest BCUT2D eigenvalue weighted by Crippen LogP contribution is -2.48. The Bertz CT molecular complexity index is 611. The van der Waals surface area contributed by atoms with Crippen molar-refractivity contribution in [1.82, 2.24) is 9.47 Å². The fourth-order valence-electron chi connectivity index (χ4n) is 3.26. The molecule has 2 aliphatic rings. The number of amides is 1. The van der Waals surface area contributed by atoms with E-state index in [1.54, 1.807) is 6.92 Å². The van der Waals surface area contributed by atoms with E-state index in [0.717, 1.165) is 23.1 Å². The predicted octanol–water partition coefficient (Wildman–Crippen LogP) is 2.34. The molecular weight excluding hydrogens is 376 g/mol. The number of carbonyl (C=O) groups is 1. The minimum absolute atomic E-state index is 0.0316. The molecule has 0 unspecified atom stereocenters. The Morgan fingerprint density at radius 3 is 2.68 bits per heavy atom. The Morgan fingerprint density at radius 2 is 2.00 bits per heavy atom. The summed E-state index contributed by atoms with van der Waals surface area (Å²) in [5, 5.41) is 0. The predicted molar refractivity (Wildman–Crippen MR) is 79.2 cm³/mol. The van der Waals surface area contributed by atoms with Gasteiger partial charge in [-0.15, -0.1) is 0 Å². The third kappa shape index (κ3) is 2.18. The minimum Gasteiger partial charge on any atom is -0.342 e. The number of hydrogen-bond donors (Lipinski definition) is 0. The molecule has 1 aromatic rings. The number of hydrogen-bond acceptors (Lipinski definition) is 2. The summed E-state index contributed by atoms with van der Waals surface area (Å²) in [5.41, 5.74) is 1.07. The maximum absolute atomic E-state index is 12.2. The second-order valence-electron chi connectivity index (χ2n) is 5.36. The van der Waals surface area contributed by atoms with Gasteiger partial charge in [0.25, 0.3) is 5.56 Å². The zero-order chi connectivity index (χ0) is 13.7. The molecule has 6 heteroatoms. The van der Waals surface area contributed by atoms with E-state index in [2.05, 4.69) is 31.9 Å². The fourth-order valence-corrected chi connectivity index (χ4v) is 4.78. The van der Waals surface area contributed by atoms with Gasteiger partial charge in [-0.2, -0.15) is 0 Å². The number of fused-ring (bicyclic) bond motifs is 4. The van der Waals surface area contributed by atoms with Crippen molar-refractivity contribution >= 4 is 37.8 Å². The summed E-state index contributed by atoms with van der Waals surface area (Å²) in [6, 6.07) is 1.82. The number of piperidine rings is 1. The van der Waals surface area contributed by atoms with Crippen LogP contribution in [0.3, 0.4) is 0 Å². The van der Waals surface area contributed by atoms with Crippen molar-refractivity contribution in [2.75, 3.05) is 13.1 Å². The Morgan fingerprint density at radius 1 is 1.26 bits per heavy atom. The number of likely N-dealkylation sites (tertiary alicyclic amines) is 1. The maximum Gasteiger partial charge on any atom is 0.265 e. The normalized spacial score (nSPS) is 25.1. The molecule has 4 nitrogen and oxygen atoms in total. The summed E-state index contributed by atoms with van der Waals surface area (Å²) in [4.78, 5) is 25.7. The number of carbonyl (C=O) groups excluding carboxylic acids is 1. The first-order chi connectivity index (χ1) is 8.97. The number of rotatable bonds is 0. The van der Waals surface area contributed by atoms with Crippen LogP contribution in [0.15, 0.2) is 19.8 Å². The van der Waals surface area contributed by atoms with Crippen molar-refractivity contribution in [3.63, 3.8) is 0 Å². The molecule has 3 rings (SSSR count). The van der Waals surface area contributed by atoms with Crippen LogP contribution in [0.1, 0.15) is 25.0 Å². The van der Waals surface area contributed by atoms with Gasteiger partial charge in [0.2, 0.25) is 5.91 Å². The lowest BCUT2D eigenvalue weighted by Gasteiger charge is -2.43. The molecule has 2 bridgehead atoms. The van der Waals surface area contributed by atoms with Gasteiger partial charge >= 0.3 is 0 Å². The van der Waals surface area contributed by atoms with Gasteiger partial charge in [-0.3, -0.25) is 9.59 Å². The second kappa shape index (κ2) is 4.74. The smallest absolute Gasteiger partial charge is 0.265 e. The molecule has 0 saturated carbocycles. The van der Waals surface area contributed by atoms with Gasteiger partial charge in [-0.05, 0) is 50.3 Å². The standard InChI is InChI=1S/C13H14Br2N2O2/c1-7(18)16-4-8-2-9(6-16)12-10(14)3-11(15)13(19)17(12)5-8/h3,8-9H,2,4-6H2,1H3/t8-,9+/m0/s1. The molecule has 1 amide bonds. The third-order valence-corrected chi connectivity index (χ3v) is 5.25. The Labute approximate surface area is 128 Å². The Kier molecular flexibility index (Phi) is 3.33. The van der Waals surface area contributed by atoms with Crippen molar-refractivity contribution < 1.29 is 4.79 Å². The number of halogens is 2. The second-order valence-corrected chi connectivity index (χ2v) is 7.07. The third-order valence-electron chi connectivity index (χ3n) is 4.05. The van der Waals surface area contributed by atoms with Crippen LogP contribution in [-0.4, -0.2) is 28.5 Å². The molecule has 0 radical (unpaired) electrons. The highest BCUT2D eigenvalue weighted by Gasteiger charge is 2.36. The van der Waals surface area contributed by atoms with E-state index in [-0.39, 0.29) is 17.4 Å². The topological polar surface area (TPSA) is 42.3 Å². The molecule has 0 N–H and O–H groups in total. The fraction of sp³-hybridized carbons (Fsp3) is 0.538. The van der Waals surface area contributed by atoms with Crippen LogP contribution >= 0.6 is 31.9 Å². The van der Waals surface area contributed by atoms with Crippen LogP contribution in [0.5, 0.6) is 0 Å². The summed E-state index contributed by atoms with van der Waals surface area (Å²) >= 11 is 6.87. The molecule has 3 heterocycles. The molecule has 0 spiro atoms. The maximum atomic E-state index is 12.2. The van der Waals surface area contributed by atoms with Crippen LogP contribution < -0.4 is 5.56 Å². The van der Waals surface area contributed by atoms with Crippen LogP contribution in [0.25, 0.3) is 0 Å². The van der Waals surface area contributed by atoms with Crippen LogP contribution in [0.2, 0.25) is 0 Å². The summed E-state index contributed by atoms with van der Waals surface area (Å²) in [6.45, 7) is 3.80. The quantitative estimate of drug-likeness (QED) is 0.683. The highest BCUT2D eigenvalue weighted by molar-refractivity contribution is 9.11. The first-order valence-electron chi connectivity index (χ1n) is 6.31. The molecule has 0 aromatic carbocycles. The van der Waals surface area contributed by atoms with Gasteiger partial charge in [0.05, 0.1) is 4.47 Å². The largest absolute Gasteiger partial charge is 0.342 e. The van der Waals surface area contributed by atoms with Crippen molar-refractivity contribution in [1.29, 1.82) is 0 Å². The first kappa shape index (κ1) is 13.4. The molecule has 0 aliphatic carbocycles. The van der Waals surface area contributed by atoms with E-state index in [9.17, 15) is 9.59 Å². The van der Waals surface area contributed by atoms with E-state index >= 15 is 0 Å². The Balaban J connectivity index is 2.10. The number of pyridine rings is 1. The summed E-state index contributed by atoms with van der Waals surface area (Å²) in [6.07, 6.45) is 1.06. The first-order valence-corrected chi connectivity index (χ1v) is 7.90. The molecule has 102 valence electrons. The average molecular weight is 390 g/mol. The molecular formula is C13H14Br2N2O2. The Hall–Kier alpha value is -0.620. The van der Waals surface area contributed by atoms with Gasteiger partial charge in [0.15, 0.2) is 0 Å². The van der Waals surface area contributed by atoms with Crippen molar-refractivity contribution in [2.45, 2.75) is 25.8 Å². The van der Waals surface area contributed by atoms with Gasteiger partial charge < -0.3 is 9.47 Å². The van der Waals surface area contributed by atoms with Crippen LogP contribution in [-0.2, 0) is 11.3 Å². The summed E-state index contributed by atoms with van der Waals surface area (Å²) < 4.78 is 3.41. The van der Waals surface area contributed by atoms with Gasteiger partial charge in [-0.1, -0.05) is 0 Å². The van der Waals surface area contributed by atoms with Gasteiger partial charge in [0, 0.05) is 42.6 Å². The SMILES string of the molecule is CC(=O)N1C[C@@H]2C[C@H](C1)c1c(Br)cc(Br)c(=O)n1C2. The van der Waals surface area contributed by atoms with E-state index in [0.29, 0.717) is 23.5 Å².